The first-order valence-electron chi connectivity index (χ1n) is 8.31. The van der Waals surface area contributed by atoms with Crippen molar-refractivity contribution in [1.82, 2.24) is 5.01 Å². The molecule has 0 aliphatic carbocycles. The van der Waals surface area contributed by atoms with Gasteiger partial charge >= 0.3 is 0 Å². The molecule has 26 heavy (non-hydrogen) atoms. The smallest absolute Gasteiger partial charge is 0.213 e. The van der Waals surface area contributed by atoms with Gasteiger partial charge in [-0.3, -0.25) is 0 Å². The lowest BCUT2D eigenvalue weighted by atomic mass is 9.98. The fraction of sp³-hybridized carbons (Fsp3) is 0.150. The summed E-state index contributed by atoms with van der Waals surface area (Å²) in [6.45, 7) is 0. The Morgan fingerprint density at radius 2 is 1.88 bits per heavy atom. The largest absolute Gasteiger partial charge is 0.464 e. The molecule has 3 nitrogen and oxygen atoms in total. The van der Waals surface area contributed by atoms with Gasteiger partial charge < -0.3 is 4.74 Å². The summed E-state index contributed by atoms with van der Waals surface area (Å²) in [6, 6.07) is 20.4. The van der Waals surface area contributed by atoms with Crippen LogP contribution in [0.1, 0.15) is 34.7 Å². The van der Waals surface area contributed by atoms with Crippen LogP contribution in [0, 0.1) is 0 Å². The van der Waals surface area contributed by atoms with Crippen LogP contribution in [-0.4, -0.2) is 10.7 Å². The monoisotopic (exact) mass is 444 g/mol. The Morgan fingerprint density at radius 1 is 1.08 bits per heavy atom. The van der Waals surface area contributed by atoms with Gasteiger partial charge in [0.2, 0.25) is 6.23 Å². The number of para-hydroxylation sites is 1. The molecular weight excluding hydrogens is 432 g/mol. The number of halogens is 2. The number of hydrazone groups is 1. The number of hydrogen-bond acceptors (Lipinski definition) is 4. The van der Waals surface area contributed by atoms with E-state index < -0.39 is 0 Å². The second-order valence-electron chi connectivity index (χ2n) is 6.31. The Balaban J connectivity index is 1.59. The predicted molar refractivity (Wildman–Crippen MR) is 109 cm³/mol. The molecule has 2 atom stereocenters. The summed E-state index contributed by atoms with van der Waals surface area (Å²) in [5.74, 6) is 0.928. The summed E-state index contributed by atoms with van der Waals surface area (Å²) in [5, 5.41) is 7.76. The molecule has 0 unspecified atom stereocenters. The maximum atomic E-state index is 6.33. The molecule has 2 aliphatic heterocycles. The summed E-state index contributed by atoms with van der Waals surface area (Å²) in [5.41, 5.74) is 3.34. The van der Waals surface area contributed by atoms with Crippen molar-refractivity contribution in [2.75, 3.05) is 0 Å². The number of hydrogen-bond donors (Lipinski definition) is 0. The molecule has 3 heterocycles. The predicted octanol–water partition coefficient (Wildman–Crippen LogP) is 6.41. The van der Waals surface area contributed by atoms with Gasteiger partial charge in [0.1, 0.15) is 5.75 Å². The number of fused-ring (bicyclic) bond motifs is 3. The first-order chi connectivity index (χ1) is 12.7. The van der Waals surface area contributed by atoms with Gasteiger partial charge in [0.25, 0.3) is 0 Å². The van der Waals surface area contributed by atoms with Gasteiger partial charge in [0.15, 0.2) is 0 Å². The maximum Gasteiger partial charge on any atom is 0.213 e. The molecule has 6 heteroatoms. The van der Waals surface area contributed by atoms with E-state index in [1.807, 2.05) is 36.4 Å². The van der Waals surface area contributed by atoms with Crippen molar-refractivity contribution in [2.45, 2.75) is 18.7 Å². The minimum Gasteiger partial charge on any atom is -0.464 e. The highest BCUT2D eigenvalue weighted by molar-refractivity contribution is 9.11. The molecule has 2 aromatic carbocycles. The zero-order valence-corrected chi connectivity index (χ0v) is 16.8. The van der Waals surface area contributed by atoms with Crippen molar-refractivity contribution < 1.29 is 4.74 Å². The van der Waals surface area contributed by atoms with E-state index in [9.17, 15) is 0 Å². The molecule has 0 radical (unpaired) electrons. The van der Waals surface area contributed by atoms with Crippen molar-refractivity contribution in [3.63, 3.8) is 0 Å². The molecule has 0 saturated carbocycles. The molecule has 1 aromatic heterocycles. The molecule has 0 saturated heterocycles. The van der Waals surface area contributed by atoms with E-state index >= 15 is 0 Å². The molecule has 2 aliphatic rings. The van der Waals surface area contributed by atoms with Gasteiger partial charge in [-0.15, -0.1) is 11.3 Å². The van der Waals surface area contributed by atoms with Crippen molar-refractivity contribution in [1.29, 1.82) is 0 Å². The standard InChI is InChI=1S/C20H14BrClN2OS/c21-19-10-9-18(26-19)15-11-16-14-3-1-2-4-17(14)25-20(24(16)23-15)12-5-7-13(22)8-6-12/h1-10,16,20H,11H2/t16-,20+/m0/s1. The average molecular weight is 446 g/mol. The van der Waals surface area contributed by atoms with Crippen LogP contribution in [0.3, 0.4) is 0 Å². The van der Waals surface area contributed by atoms with E-state index in [1.165, 1.54) is 10.4 Å². The van der Waals surface area contributed by atoms with Crippen LogP contribution in [0.4, 0.5) is 0 Å². The Bertz CT molecular complexity index is 1000. The zero-order valence-electron chi connectivity index (χ0n) is 13.6. The SMILES string of the molecule is Clc1ccc([C@H]2Oc3ccccc3[C@@H]3CC(c4ccc(Br)s4)=NN23)cc1. The molecule has 0 bridgehead atoms. The van der Waals surface area contributed by atoms with Gasteiger partial charge in [-0.05, 0) is 46.3 Å². The highest BCUT2D eigenvalue weighted by Crippen LogP contribution is 2.47. The zero-order chi connectivity index (χ0) is 17.7. The van der Waals surface area contributed by atoms with E-state index in [4.69, 9.17) is 21.4 Å². The highest BCUT2D eigenvalue weighted by Gasteiger charge is 2.41. The molecule has 0 spiro atoms. The van der Waals surface area contributed by atoms with Crippen LogP contribution in [0.5, 0.6) is 5.75 Å². The molecular formula is C20H14BrClN2OS. The third-order valence-corrected chi connectivity index (χ3v) is 6.64. The number of rotatable bonds is 2. The van der Waals surface area contributed by atoms with Crippen molar-refractivity contribution >= 4 is 44.6 Å². The van der Waals surface area contributed by atoms with Crippen molar-refractivity contribution in [3.05, 3.63) is 85.5 Å². The third kappa shape index (κ3) is 2.75. The quantitative estimate of drug-likeness (QED) is 0.455. The van der Waals surface area contributed by atoms with Gasteiger partial charge in [-0.2, -0.15) is 5.10 Å². The molecule has 0 amide bonds. The lowest BCUT2D eigenvalue weighted by Crippen LogP contribution is -2.33. The maximum absolute atomic E-state index is 6.33. The number of benzene rings is 2. The van der Waals surface area contributed by atoms with Crippen LogP contribution in [-0.2, 0) is 0 Å². The van der Waals surface area contributed by atoms with Crippen LogP contribution >= 0.6 is 38.9 Å². The molecule has 5 rings (SSSR count). The van der Waals surface area contributed by atoms with Crippen molar-refractivity contribution in [3.8, 4) is 5.75 Å². The molecule has 130 valence electrons. The highest BCUT2D eigenvalue weighted by atomic mass is 79.9. The van der Waals surface area contributed by atoms with E-state index in [1.54, 1.807) is 11.3 Å². The normalized spacial score (nSPS) is 21.0. The molecule has 0 N–H and O–H groups in total. The van der Waals surface area contributed by atoms with Gasteiger partial charge in [-0.1, -0.05) is 41.9 Å². The van der Waals surface area contributed by atoms with E-state index in [2.05, 4.69) is 45.2 Å². The number of nitrogens with zero attached hydrogens (tertiary/aromatic N) is 2. The van der Waals surface area contributed by atoms with E-state index in [0.29, 0.717) is 0 Å². The second-order valence-corrected chi connectivity index (χ2v) is 9.21. The summed E-state index contributed by atoms with van der Waals surface area (Å²) >= 11 is 11.3. The van der Waals surface area contributed by atoms with Gasteiger partial charge in [0.05, 0.1) is 20.4 Å². The Morgan fingerprint density at radius 3 is 2.65 bits per heavy atom. The van der Waals surface area contributed by atoms with E-state index in [-0.39, 0.29) is 12.3 Å². The second kappa shape index (κ2) is 6.41. The van der Waals surface area contributed by atoms with Gasteiger partial charge in [-0.25, -0.2) is 5.01 Å². The first-order valence-corrected chi connectivity index (χ1v) is 10.3. The Labute approximate surface area is 169 Å². The summed E-state index contributed by atoms with van der Waals surface area (Å²) < 4.78 is 7.45. The van der Waals surface area contributed by atoms with Gasteiger partial charge in [0, 0.05) is 22.6 Å². The summed E-state index contributed by atoms with van der Waals surface area (Å²) in [7, 11) is 0. The molecule has 0 fully saturated rings. The first kappa shape index (κ1) is 16.4. The minimum absolute atomic E-state index is 0.177. The topological polar surface area (TPSA) is 24.8 Å². The number of ether oxygens (including phenoxy) is 1. The summed E-state index contributed by atoms with van der Waals surface area (Å²) in [6.07, 6.45) is 0.616. The average Bonchev–Trinajstić information content (AvgIpc) is 3.28. The van der Waals surface area contributed by atoms with Crippen LogP contribution in [0.15, 0.2) is 69.6 Å². The van der Waals surface area contributed by atoms with Crippen molar-refractivity contribution in [2.24, 2.45) is 5.10 Å². The fourth-order valence-electron chi connectivity index (χ4n) is 3.50. The Kier molecular flexibility index (Phi) is 4.03. The van der Waals surface area contributed by atoms with Crippen LogP contribution in [0.2, 0.25) is 5.02 Å². The fourth-order valence-corrected chi connectivity index (χ4v) is 5.01. The summed E-state index contributed by atoms with van der Waals surface area (Å²) in [4.78, 5) is 1.19. The minimum atomic E-state index is -0.256. The third-order valence-electron chi connectivity index (χ3n) is 4.71. The number of thiophene rings is 1. The van der Waals surface area contributed by atoms with Crippen LogP contribution < -0.4 is 4.74 Å². The lowest BCUT2D eigenvalue weighted by Gasteiger charge is -2.38. The molecule has 3 aromatic rings. The lowest BCUT2D eigenvalue weighted by molar-refractivity contribution is -0.0190. The van der Waals surface area contributed by atoms with Crippen LogP contribution in [0.25, 0.3) is 0 Å². The Hall–Kier alpha value is -1.82. The van der Waals surface area contributed by atoms with E-state index in [0.717, 1.165) is 32.3 Å².